The second kappa shape index (κ2) is 4.24. The van der Waals surface area contributed by atoms with Crippen molar-refractivity contribution in [3.05, 3.63) is 33.6 Å². The van der Waals surface area contributed by atoms with Gasteiger partial charge in [-0.15, -0.1) is 11.6 Å². The number of aromatic amines is 2. The summed E-state index contributed by atoms with van der Waals surface area (Å²) in [6.45, 7) is 3.82. The number of H-pyrrole nitrogens is 2. The number of rotatable bonds is 4. The van der Waals surface area contributed by atoms with Gasteiger partial charge in [0, 0.05) is 0 Å². The van der Waals surface area contributed by atoms with E-state index in [1.807, 2.05) is 4.98 Å². The highest BCUT2D eigenvalue weighted by atomic mass is 16.5. The van der Waals surface area contributed by atoms with Gasteiger partial charge in [-0.1, -0.05) is 6.08 Å². The molecule has 0 aliphatic rings. The van der Waals surface area contributed by atoms with Crippen LogP contribution in [0.4, 0.5) is 0 Å². The summed E-state index contributed by atoms with van der Waals surface area (Å²) in [6, 6.07) is -0.0735. The van der Waals surface area contributed by atoms with E-state index in [0.29, 0.717) is 13.0 Å². The van der Waals surface area contributed by atoms with Crippen molar-refractivity contribution in [1.82, 2.24) is 15.0 Å². The van der Waals surface area contributed by atoms with Gasteiger partial charge in [-0.2, -0.15) is 0 Å². The van der Waals surface area contributed by atoms with E-state index < -0.39 is 11.4 Å². The van der Waals surface area contributed by atoms with E-state index in [9.17, 15) is 9.59 Å². The molecular formula is C7H9N3O3. The summed E-state index contributed by atoms with van der Waals surface area (Å²) in [5.74, 6) is 0. The molecule has 6 nitrogen and oxygen atoms in total. The molecule has 1 aromatic rings. The van der Waals surface area contributed by atoms with Crippen molar-refractivity contribution in [1.29, 1.82) is 0 Å². The SMILES string of the molecule is C=CCCOc1nc(=O)[nH]c(=O)[nH]1. The maximum Gasteiger partial charge on any atom is 0.353 e. The van der Waals surface area contributed by atoms with E-state index in [1.165, 1.54) is 0 Å². The van der Waals surface area contributed by atoms with E-state index in [1.54, 1.807) is 6.08 Å². The Hall–Kier alpha value is -1.85. The molecule has 13 heavy (non-hydrogen) atoms. The van der Waals surface area contributed by atoms with Crippen molar-refractivity contribution < 1.29 is 4.74 Å². The molecule has 1 rings (SSSR count). The van der Waals surface area contributed by atoms with Crippen molar-refractivity contribution in [3.8, 4) is 6.01 Å². The fourth-order valence-electron chi connectivity index (χ4n) is 0.681. The Balaban J connectivity index is 2.72. The first-order chi connectivity index (χ1) is 6.22. The van der Waals surface area contributed by atoms with Crippen molar-refractivity contribution in [2.45, 2.75) is 6.42 Å². The van der Waals surface area contributed by atoms with Crippen LogP contribution in [-0.4, -0.2) is 21.6 Å². The van der Waals surface area contributed by atoms with Crippen molar-refractivity contribution in [2.75, 3.05) is 6.61 Å². The summed E-state index contributed by atoms with van der Waals surface area (Å²) in [6.07, 6.45) is 2.28. The molecule has 0 saturated carbocycles. The summed E-state index contributed by atoms with van der Waals surface area (Å²) in [5, 5.41) is 0. The van der Waals surface area contributed by atoms with Gasteiger partial charge in [0.15, 0.2) is 0 Å². The molecule has 0 fully saturated rings. The van der Waals surface area contributed by atoms with E-state index in [2.05, 4.69) is 16.5 Å². The lowest BCUT2D eigenvalue weighted by molar-refractivity contribution is 0.295. The quantitative estimate of drug-likeness (QED) is 0.482. The van der Waals surface area contributed by atoms with Crippen LogP contribution in [0.3, 0.4) is 0 Å². The van der Waals surface area contributed by atoms with Gasteiger partial charge in [-0.3, -0.25) is 9.97 Å². The lowest BCUT2D eigenvalue weighted by Gasteiger charge is -1.99. The average Bonchev–Trinajstić information content (AvgIpc) is 2.03. The number of hydrogen-bond acceptors (Lipinski definition) is 4. The van der Waals surface area contributed by atoms with Crippen molar-refractivity contribution >= 4 is 0 Å². The summed E-state index contributed by atoms with van der Waals surface area (Å²) in [7, 11) is 0. The van der Waals surface area contributed by atoms with Gasteiger partial charge >= 0.3 is 17.4 Å². The summed E-state index contributed by atoms with van der Waals surface area (Å²) >= 11 is 0. The molecule has 0 aliphatic carbocycles. The molecule has 0 bridgehead atoms. The second-order valence-electron chi connectivity index (χ2n) is 2.23. The molecule has 70 valence electrons. The minimum absolute atomic E-state index is 0.0735. The summed E-state index contributed by atoms with van der Waals surface area (Å²) in [5.41, 5.74) is -1.36. The number of aromatic nitrogens is 3. The van der Waals surface area contributed by atoms with Crippen LogP contribution < -0.4 is 16.1 Å². The molecule has 1 heterocycles. The lowest BCUT2D eigenvalue weighted by atomic mass is 10.5. The van der Waals surface area contributed by atoms with Gasteiger partial charge in [0.25, 0.3) is 0 Å². The Morgan fingerprint density at radius 3 is 2.85 bits per heavy atom. The van der Waals surface area contributed by atoms with Gasteiger partial charge in [0.2, 0.25) is 0 Å². The van der Waals surface area contributed by atoms with Crippen LogP contribution in [0.15, 0.2) is 22.2 Å². The number of ether oxygens (including phenoxy) is 1. The summed E-state index contributed by atoms with van der Waals surface area (Å²) in [4.78, 5) is 28.9. The highest BCUT2D eigenvalue weighted by molar-refractivity contribution is 4.88. The standard InChI is InChI=1S/C7H9N3O3/c1-2-3-4-13-7-9-5(11)8-6(12)10-7/h2H,1,3-4H2,(H2,8,9,10,11,12). The van der Waals surface area contributed by atoms with E-state index in [4.69, 9.17) is 4.74 Å². The molecule has 0 atom stereocenters. The molecule has 0 saturated heterocycles. The first-order valence-corrected chi connectivity index (χ1v) is 3.66. The minimum Gasteiger partial charge on any atom is -0.464 e. The third-order valence-corrected chi connectivity index (χ3v) is 1.20. The molecule has 6 heteroatoms. The lowest BCUT2D eigenvalue weighted by Crippen LogP contribution is -2.25. The molecular weight excluding hydrogens is 174 g/mol. The third kappa shape index (κ3) is 2.94. The second-order valence-corrected chi connectivity index (χ2v) is 2.23. The van der Waals surface area contributed by atoms with Gasteiger partial charge in [-0.25, -0.2) is 9.59 Å². The fraction of sp³-hybridized carbons (Fsp3) is 0.286. The maximum atomic E-state index is 10.7. The van der Waals surface area contributed by atoms with Crippen LogP contribution in [0, 0.1) is 0 Å². The Morgan fingerprint density at radius 2 is 2.23 bits per heavy atom. The number of nitrogens with zero attached hydrogens (tertiary/aromatic N) is 1. The normalized spacial score (nSPS) is 9.54. The molecule has 1 aromatic heterocycles. The Bertz CT molecular complexity index is 364. The van der Waals surface area contributed by atoms with Gasteiger partial charge in [0.1, 0.15) is 0 Å². The highest BCUT2D eigenvalue weighted by Gasteiger charge is 1.97. The smallest absolute Gasteiger partial charge is 0.353 e. The van der Waals surface area contributed by atoms with Gasteiger partial charge < -0.3 is 4.74 Å². The maximum absolute atomic E-state index is 10.7. The van der Waals surface area contributed by atoms with E-state index in [0.717, 1.165) is 0 Å². The van der Waals surface area contributed by atoms with Gasteiger partial charge in [-0.05, 0) is 6.42 Å². The molecule has 0 radical (unpaired) electrons. The zero-order valence-electron chi connectivity index (χ0n) is 6.87. The molecule has 0 aromatic carbocycles. The number of hydrogen-bond donors (Lipinski definition) is 2. The van der Waals surface area contributed by atoms with Gasteiger partial charge in [0.05, 0.1) is 6.61 Å². The van der Waals surface area contributed by atoms with Crippen molar-refractivity contribution in [2.24, 2.45) is 0 Å². The first-order valence-electron chi connectivity index (χ1n) is 3.66. The van der Waals surface area contributed by atoms with Crippen LogP contribution >= 0.6 is 0 Å². The van der Waals surface area contributed by atoms with Crippen LogP contribution in [0.2, 0.25) is 0 Å². The zero-order chi connectivity index (χ0) is 9.68. The Labute approximate surface area is 73.3 Å². The monoisotopic (exact) mass is 183 g/mol. The highest BCUT2D eigenvalue weighted by Crippen LogP contribution is 1.92. The molecule has 0 amide bonds. The van der Waals surface area contributed by atoms with E-state index in [-0.39, 0.29) is 6.01 Å². The predicted molar refractivity (Wildman–Crippen MR) is 45.8 cm³/mol. The number of nitrogens with one attached hydrogen (secondary N) is 2. The minimum atomic E-state index is -0.725. The molecule has 0 unspecified atom stereocenters. The summed E-state index contributed by atoms with van der Waals surface area (Å²) < 4.78 is 4.95. The van der Waals surface area contributed by atoms with E-state index >= 15 is 0 Å². The molecule has 0 spiro atoms. The predicted octanol–water partition coefficient (Wildman–Crippen LogP) is -0.587. The molecule has 2 N–H and O–H groups in total. The third-order valence-electron chi connectivity index (χ3n) is 1.20. The largest absolute Gasteiger partial charge is 0.464 e. The first kappa shape index (κ1) is 9.24. The topological polar surface area (TPSA) is 87.8 Å². The van der Waals surface area contributed by atoms with Crippen LogP contribution in [0.1, 0.15) is 6.42 Å². The van der Waals surface area contributed by atoms with Crippen LogP contribution in [-0.2, 0) is 0 Å². The average molecular weight is 183 g/mol. The fourth-order valence-corrected chi connectivity index (χ4v) is 0.681. The molecule has 0 aliphatic heterocycles. The Kier molecular flexibility index (Phi) is 3.02. The van der Waals surface area contributed by atoms with Crippen LogP contribution in [0.25, 0.3) is 0 Å². The Morgan fingerprint density at radius 1 is 1.46 bits per heavy atom. The van der Waals surface area contributed by atoms with Crippen LogP contribution in [0.5, 0.6) is 6.01 Å². The zero-order valence-corrected chi connectivity index (χ0v) is 6.87. The van der Waals surface area contributed by atoms with Crippen molar-refractivity contribution in [3.63, 3.8) is 0 Å².